The highest BCUT2D eigenvalue weighted by Gasteiger charge is 2.38. The zero-order valence-electron chi connectivity index (χ0n) is 18.8. The monoisotopic (exact) mass is 472 g/mol. The predicted octanol–water partition coefficient (Wildman–Crippen LogP) is 4.23. The Bertz CT molecular complexity index is 1150. The standard InChI is InChI=1S/C24H23F3N4O3/c1-15-20(22(32)34-12-11-30(2)3)21(17-9-7-16(14-28)8-10-17)29-23(33)31(15)19-6-4-5-18(13-19)24(25,26)27/h4-10,13,21H,11-12H2,1-3H3,(H,29,33)/t21-/m1/s1. The van der Waals surface area contributed by atoms with Gasteiger partial charge in [0.15, 0.2) is 0 Å². The number of halogens is 3. The maximum atomic E-state index is 13.3. The van der Waals surface area contributed by atoms with E-state index in [4.69, 9.17) is 10.00 Å². The second-order valence-corrected chi connectivity index (χ2v) is 7.94. The lowest BCUT2D eigenvalue weighted by Crippen LogP contribution is -2.48. The summed E-state index contributed by atoms with van der Waals surface area (Å²) in [4.78, 5) is 29.0. The number of nitrogens with zero attached hydrogens (tertiary/aromatic N) is 3. The van der Waals surface area contributed by atoms with Gasteiger partial charge in [-0.1, -0.05) is 18.2 Å². The maximum absolute atomic E-state index is 13.3. The smallest absolute Gasteiger partial charge is 0.416 e. The van der Waals surface area contributed by atoms with Crippen LogP contribution in [0, 0.1) is 11.3 Å². The largest absolute Gasteiger partial charge is 0.461 e. The SMILES string of the molecule is CC1=C(C(=O)OCCN(C)C)[C@@H](c2ccc(C#N)cc2)NC(=O)N1c1cccc(C(F)(F)F)c1. The topological polar surface area (TPSA) is 85.7 Å². The molecule has 1 aliphatic rings. The minimum Gasteiger partial charge on any atom is -0.461 e. The van der Waals surface area contributed by atoms with Crippen LogP contribution < -0.4 is 10.2 Å². The Kier molecular flexibility index (Phi) is 7.27. The van der Waals surface area contributed by atoms with Crippen molar-refractivity contribution in [2.24, 2.45) is 0 Å². The molecule has 0 aliphatic carbocycles. The lowest BCUT2D eigenvalue weighted by atomic mass is 9.94. The molecule has 1 heterocycles. The summed E-state index contributed by atoms with van der Waals surface area (Å²) in [5.41, 5.74) is 0.187. The van der Waals surface area contributed by atoms with Crippen molar-refractivity contribution in [3.05, 3.63) is 76.5 Å². The first kappa shape index (κ1) is 24.8. The number of urea groups is 1. The van der Waals surface area contributed by atoms with Crippen molar-refractivity contribution in [2.75, 3.05) is 32.1 Å². The molecule has 2 amide bonds. The number of hydrogen-bond acceptors (Lipinski definition) is 5. The van der Waals surface area contributed by atoms with Gasteiger partial charge in [0.25, 0.3) is 0 Å². The first-order valence-electron chi connectivity index (χ1n) is 10.3. The van der Waals surface area contributed by atoms with Gasteiger partial charge in [-0.15, -0.1) is 0 Å². The highest BCUT2D eigenvalue weighted by molar-refractivity contribution is 6.03. The maximum Gasteiger partial charge on any atom is 0.416 e. The number of anilines is 1. The van der Waals surface area contributed by atoms with Crippen molar-refractivity contribution >= 4 is 17.7 Å². The lowest BCUT2D eigenvalue weighted by Gasteiger charge is -2.35. The van der Waals surface area contributed by atoms with Crippen LogP contribution in [0.15, 0.2) is 59.8 Å². The van der Waals surface area contributed by atoms with E-state index in [9.17, 15) is 22.8 Å². The third-order valence-corrected chi connectivity index (χ3v) is 5.28. The summed E-state index contributed by atoms with van der Waals surface area (Å²) in [5.74, 6) is -0.703. The molecule has 2 aromatic rings. The van der Waals surface area contributed by atoms with Gasteiger partial charge < -0.3 is 15.0 Å². The van der Waals surface area contributed by atoms with Crippen molar-refractivity contribution in [1.29, 1.82) is 5.26 Å². The summed E-state index contributed by atoms with van der Waals surface area (Å²) >= 11 is 0. The summed E-state index contributed by atoms with van der Waals surface area (Å²) < 4.78 is 45.2. The molecule has 10 heteroatoms. The molecular formula is C24H23F3N4O3. The molecule has 0 radical (unpaired) electrons. The van der Waals surface area contributed by atoms with E-state index in [1.54, 1.807) is 24.3 Å². The Morgan fingerprint density at radius 3 is 2.47 bits per heavy atom. The van der Waals surface area contributed by atoms with Crippen molar-refractivity contribution in [1.82, 2.24) is 10.2 Å². The van der Waals surface area contributed by atoms with Crippen LogP contribution in [0.3, 0.4) is 0 Å². The number of esters is 1. The van der Waals surface area contributed by atoms with Gasteiger partial charge in [-0.3, -0.25) is 4.90 Å². The number of hydrogen-bond donors (Lipinski definition) is 1. The Morgan fingerprint density at radius 2 is 1.88 bits per heavy atom. The van der Waals surface area contributed by atoms with Crippen LogP contribution in [0.2, 0.25) is 0 Å². The number of alkyl halides is 3. The van der Waals surface area contributed by atoms with Gasteiger partial charge in [-0.2, -0.15) is 18.4 Å². The van der Waals surface area contributed by atoms with Crippen LogP contribution in [0.1, 0.15) is 29.7 Å². The number of likely N-dealkylation sites (N-methyl/N-ethyl adjacent to an activating group) is 1. The summed E-state index contributed by atoms with van der Waals surface area (Å²) in [7, 11) is 3.63. The average molecular weight is 472 g/mol. The second-order valence-electron chi connectivity index (χ2n) is 7.94. The number of allylic oxidation sites excluding steroid dienone is 1. The molecule has 3 rings (SSSR count). The van der Waals surface area contributed by atoms with Gasteiger partial charge in [-0.25, -0.2) is 9.59 Å². The molecule has 2 aromatic carbocycles. The minimum atomic E-state index is -4.60. The summed E-state index contributed by atoms with van der Waals surface area (Å²) in [6.45, 7) is 2.03. The number of carbonyl (C=O) groups excluding carboxylic acids is 2. The molecular weight excluding hydrogens is 449 g/mol. The average Bonchev–Trinajstić information content (AvgIpc) is 2.78. The number of carbonyl (C=O) groups is 2. The van der Waals surface area contributed by atoms with E-state index in [0.717, 1.165) is 17.0 Å². The van der Waals surface area contributed by atoms with Crippen molar-refractivity contribution < 1.29 is 27.5 Å². The Labute approximate surface area is 195 Å². The van der Waals surface area contributed by atoms with Crippen molar-refractivity contribution in [2.45, 2.75) is 19.1 Å². The fourth-order valence-electron chi connectivity index (χ4n) is 3.54. The molecule has 1 aliphatic heterocycles. The fraction of sp³-hybridized carbons (Fsp3) is 0.292. The van der Waals surface area contributed by atoms with E-state index in [0.29, 0.717) is 17.7 Å². The first-order valence-corrected chi connectivity index (χ1v) is 10.3. The molecule has 0 unspecified atom stereocenters. The molecule has 0 bridgehead atoms. The van der Waals surface area contributed by atoms with Crippen LogP contribution in [-0.4, -0.2) is 44.1 Å². The zero-order valence-corrected chi connectivity index (χ0v) is 18.8. The Hall–Kier alpha value is -3.84. The van der Waals surface area contributed by atoms with Gasteiger partial charge in [0.05, 0.1) is 34.5 Å². The van der Waals surface area contributed by atoms with E-state index < -0.39 is 29.8 Å². The molecule has 34 heavy (non-hydrogen) atoms. The Balaban J connectivity index is 2.08. The van der Waals surface area contributed by atoms with E-state index in [1.165, 1.54) is 19.1 Å². The van der Waals surface area contributed by atoms with Gasteiger partial charge >= 0.3 is 18.2 Å². The summed E-state index contributed by atoms with van der Waals surface area (Å²) in [6.07, 6.45) is -4.60. The van der Waals surface area contributed by atoms with Gasteiger partial charge in [0, 0.05) is 12.2 Å². The highest BCUT2D eigenvalue weighted by atomic mass is 19.4. The number of benzene rings is 2. The number of ether oxygens (including phenoxy) is 1. The van der Waals surface area contributed by atoms with Crippen LogP contribution in [0.4, 0.5) is 23.7 Å². The van der Waals surface area contributed by atoms with Crippen molar-refractivity contribution in [3.8, 4) is 6.07 Å². The highest BCUT2D eigenvalue weighted by Crippen LogP contribution is 2.37. The fourth-order valence-corrected chi connectivity index (χ4v) is 3.54. The summed E-state index contributed by atoms with van der Waals surface area (Å²) in [5, 5.41) is 11.7. The number of amides is 2. The Morgan fingerprint density at radius 1 is 1.21 bits per heavy atom. The minimum absolute atomic E-state index is 0.0401. The van der Waals surface area contributed by atoms with Gasteiger partial charge in [0.2, 0.25) is 0 Å². The van der Waals surface area contributed by atoms with E-state index >= 15 is 0 Å². The molecule has 0 aromatic heterocycles. The molecule has 0 fully saturated rings. The molecule has 1 N–H and O–H groups in total. The van der Waals surface area contributed by atoms with E-state index in [1.807, 2.05) is 25.1 Å². The molecule has 178 valence electrons. The van der Waals surface area contributed by atoms with E-state index in [-0.39, 0.29) is 23.6 Å². The molecule has 0 saturated carbocycles. The van der Waals surface area contributed by atoms with Crippen LogP contribution >= 0.6 is 0 Å². The van der Waals surface area contributed by atoms with Crippen LogP contribution in [0.5, 0.6) is 0 Å². The number of nitrogens with one attached hydrogen (secondary N) is 1. The van der Waals surface area contributed by atoms with Crippen molar-refractivity contribution in [3.63, 3.8) is 0 Å². The normalized spacial score (nSPS) is 16.4. The third-order valence-electron chi connectivity index (χ3n) is 5.28. The molecule has 1 atom stereocenters. The van der Waals surface area contributed by atoms with Crippen LogP contribution in [0.25, 0.3) is 0 Å². The number of rotatable bonds is 6. The van der Waals surface area contributed by atoms with E-state index in [2.05, 4.69) is 5.32 Å². The van der Waals surface area contributed by atoms with Gasteiger partial charge in [-0.05, 0) is 56.9 Å². The first-order chi connectivity index (χ1) is 16.0. The molecule has 7 nitrogen and oxygen atoms in total. The molecule has 0 spiro atoms. The number of nitriles is 1. The summed E-state index contributed by atoms with van der Waals surface area (Å²) in [6, 6.07) is 11.0. The van der Waals surface area contributed by atoms with Crippen LogP contribution in [-0.2, 0) is 15.7 Å². The lowest BCUT2D eigenvalue weighted by molar-refractivity contribution is -0.140. The third kappa shape index (κ3) is 5.38. The second kappa shape index (κ2) is 9.97. The van der Waals surface area contributed by atoms with Gasteiger partial charge in [0.1, 0.15) is 6.61 Å². The molecule has 0 saturated heterocycles. The quantitative estimate of drug-likeness (QED) is 0.636. The zero-order chi connectivity index (χ0) is 25.0. The predicted molar refractivity (Wildman–Crippen MR) is 119 cm³/mol.